The first kappa shape index (κ1) is 15.1. The Morgan fingerprint density at radius 1 is 1.19 bits per heavy atom. The van der Waals surface area contributed by atoms with E-state index < -0.39 is 0 Å². The summed E-state index contributed by atoms with van der Waals surface area (Å²) in [5.41, 5.74) is 7.63. The van der Waals surface area contributed by atoms with Crippen LogP contribution in [0.1, 0.15) is 21.5 Å². The molecule has 0 aromatic heterocycles. The molecule has 2 rings (SSSR count). The molecule has 2 aromatic rings. The Balaban J connectivity index is 2.03. The number of nitrogens with two attached hydrogens (primary N) is 1. The van der Waals surface area contributed by atoms with Crippen molar-refractivity contribution in [2.75, 3.05) is 6.54 Å². The van der Waals surface area contributed by atoms with Crippen LogP contribution in [0.5, 0.6) is 0 Å². The molecule has 0 saturated heterocycles. The van der Waals surface area contributed by atoms with Crippen molar-refractivity contribution in [3.63, 3.8) is 0 Å². The number of halogens is 1. The second-order valence-corrected chi connectivity index (χ2v) is 4.84. The lowest BCUT2D eigenvalue weighted by Crippen LogP contribution is -2.22. The van der Waals surface area contributed by atoms with E-state index in [1.165, 1.54) is 0 Å². The molecule has 0 bridgehead atoms. The third-order valence-corrected chi connectivity index (χ3v) is 3.04. The van der Waals surface area contributed by atoms with E-state index >= 15 is 0 Å². The predicted octanol–water partition coefficient (Wildman–Crippen LogP) is 2.58. The Bertz CT molecular complexity index is 701. The Hall–Kier alpha value is -2.28. The third-order valence-electron chi connectivity index (χ3n) is 2.80. The summed E-state index contributed by atoms with van der Waals surface area (Å²) < 4.78 is 0. The number of benzene rings is 2. The lowest BCUT2D eigenvalue weighted by atomic mass is 10.1. The van der Waals surface area contributed by atoms with Gasteiger partial charge in [0, 0.05) is 22.7 Å². The van der Waals surface area contributed by atoms with E-state index in [0.29, 0.717) is 23.7 Å². The Labute approximate surface area is 129 Å². The maximum atomic E-state index is 12.1. The van der Waals surface area contributed by atoms with Crippen LogP contribution in [0.25, 0.3) is 0 Å². The second-order valence-electron chi connectivity index (χ2n) is 4.40. The molecule has 0 heterocycles. The SMILES string of the molecule is NCC#Cc1cccc(C(=O)NCc2cccc(Cl)c2)c1. The van der Waals surface area contributed by atoms with Gasteiger partial charge in [0.1, 0.15) is 0 Å². The van der Waals surface area contributed by atoms with Gasteiger partial charge in [-0.3, -0.25) is 4.79 Å². The summed E-state index contributed by atoms with van der Waals surface area (Å²) >= 11 is 5.91. The lowest BCUT2D eigenvalue weighted by Gasteiger charge is -2.06. The van der Waals surface area contributed by atoms with Gasteiger partial charge in [-0.2, -0.15) is 0 Å². The molecule has 0 fully saturated rings. The number of amides is 1. The molecule has 3 N–H and O–H groups in total. The van der Waals surface area contributed by atoms with Crippen LogP contribution >= 0.6 is 11.6 Å². The topological polar surface area (TPSA) is 55.1 Å². The number of carbonyl (C=O) groups is 1. The van der Waals surface area contributed by atoms with Crippen molar-refractivity contribution < 1.29 is 4.79 Å². The van der Waals surface area contributed by atoms with E-state index in [1.807, 2.05) is 24.3 Å². The molecule has 4 heteroatoms. The zero-order valence-electron chi connectivity index (χ0n) is 11.4. The monoisotopic (exact) mass is 298 g/mol. The largest absolute Gasteiger partial charge is 0.348 e. The van der Waals surface area contributed by atoms with Gasteiger partial charge in [-0.1, -0.05) is 41.6 Å². The zero-order valence-corrected chi connectivity index (χ0v) is 12.2. The van der Waals surface area contributed by atoms with E-state index in [2.05, 4.69) is 17.2 Å². The molecule has 0 radical (unpaired) electrons. The van der Waals surface area contributed by atoms with Crippen molar-refractivity contribution in [3.05, 3.63) is 70.2 Å². The fourth-order valence-electron chi connectivity index (χ4n) is 1.82. The van der Waals surface area contributed by atoms with Crippen molar-refractivity contribution >= 4 is 17.5 Å². The third kappa shape index (κ3) is 4.64. The van der Waals surface area contributed by atoms with Crippen LogP contribution in [0.3, 0.4) is 0 Å². The molecule has 2 aromatic carbocycles. The van der Waals surface area contributed by atoms with Crippen LogP contribution in [0.15, 0.2) is 48.5 Å². The molecule has 0 unspecified atom stereocenters. The Morgan fingerprint density at radius 2 is 2.00 bits per heavy atom. The average Bonchev–Trinajstić information content (AvgIpc) is 2.51. The van der Waals surface area contributed by atoms with E-state index in [4.69, 9.17) is 17.3 Å². The standard InChI is InChI=1S/C17H15ClN2O/c18-16-8-2-5-14(11-16)12-20-17(21)15-7-1-4-13(10-15)6-3-9-19/h1-2,4-5,7-8,10-11H,9,12,19H2,(H,20,21). The molecule has 0 aliphatic carbocycles. The van der Waals surface area contributed by atoms with Crippen LogP contribution in [0.4, 0.5) is 0 Å². The van der Waals surface area contributed by atoms with Gasteiger partial charge in [-0.15, -0.1) is 0 Å². The number of hydrogen-bond acceptors (Lipinski definition) is 2. The van der Waals surface area contributed by atoms with Gasteiger partial charge < -0.3 is 11.1 Å². The summed E-state index contributed by atoms with van der Waals surface area (Å²) in [6, 6.07) is 14.5. The number of hydrogen-bond donors (Lipinski definition) is 2. The minimum absolute atomic E-state index is 0.147. The molecule has 0 spiro atoms. The van der Waals surface area contributed by atoms with Gasteiger partial charge in [-0.05, 0) is 35.9 Å². The summed E-state index contributed by atoms with van der Waals surface area (Å²) in [6.45, 7) is 0.725. The van der Waals surface area contributed by atoms with Crippen LogP contribution in [0.2, 0.25) is 5.02 Å². The zero-order chi connectivity index (χ0) is 15.1. The highest BCUT2D eigenvalue weighted by Crippen LogP contribution is 2.11. The fourth-order valence-corrected chi connectivity index (χ4v) is 2.04. The highest BCUT2D eigenvalue weighted by Gasteiger charge is 2.05. The van der Waals surface area contributed by atoms with Crippen molar-refractivity contribution in [1.29, 1.82) is 0 Å². The van der Waals surface area contributed by atoms with E-state index in [-0.39, 0.29) is 5.91 Å². The predicted molar refractivity (Wildman–Crippen MR) is 85.0 cm³/mol. The quantitative estimate of drug-likeness (QED) is 0.856. The van der Waals surface area contributed by atoms with Crippen LogP contribution in [0, 0.1) is 11.8 Å². The number of nitrogens with one attached hydrogen (secondary N) is 1. The normalized spacial score (nSPS) is 9.62. The molecular weight excluding hydrogens is 284 g/mol. The first-order chi connectivity index (χ1) is 10.2. The van der Waals surface area contributed by atoms with Crippen molar-refractivity contribution in [2.24, 2.45) is 5.73 Å². The summed E-state index contributed by atoms with van der Waals surface area (Å²) in [5.74, 6) is 5.53. The molecule has 106 valence electrons. The highest BCUT2D eigenvalue weighted by molar-refractivity contribution is 6.30. The molecule has 21 heavy (non-hydrogen) atoms. The molecule has 0 saturated carbocycles. The summed E-state index contributed by atoms with van der Waals surface area (Å²) in [6.07, 6.45) is 0. The molecular formula is C17H15ClN2O. The Morgan fingerprint density at radius 3 is 2.76 bits per heavy atom. The summed E-state index contributed by atoms with van der Waals surface area (Å²) in [4.78, 5) is 12.1. The molecule has 0 atom stereocenters. The Kier molecular flexibility index (Phi) is 5.39. The van der Waals surface area contributed by atoms with Crippen molar-refractivity contribution in [2.45, 2.75) is 6.54 Å². The highest BCUT2D eigenvalue weighted by atomic mass is 35.5. The number of rotatable bonds is 3. The molecule has 3 nitrogen and oxygen atoms in total. The van der Waals surface area contributed by atoms with Crippen LogP contribution < -0.4 is 11.1 Å². The lowest BCUT2D eigenvalue weighted by molar-refractivity contribution is 0.0951. The number of carbonyl (C=O) groups excluding carboxylic acids is 1. The maximum absolute atomic E-state index is 12.1. The van der Waals surface area contributed by atoms with Gasteiger partial charge in [-0.25, -0.2) is 0 Å². The second kappa shape index (κ2) is 7.49. The minimum Gasteiger partial charge on any atom is -0.348 e. The minimum atomic E-state index is -0.147. The summed E-state index contributed by atoms with van der Waals surface area (Å²) in [7, 11) is 0. The van der Waals surface area contributed by atoms with Crippen LogP contribution in [-0.4, -0.2) is 12.5 Å². The van der Waals surface area contributed by atoms with Gasteiger partial charge in [0.05, 0.1) is 6.54 Å². The smallest absolute Gasteiger partial charge is 0.251 e. The summed E-state index contributed by atoms with van der Waals surface area (Å²) in [5, 5.41) is 3.51. The first-order valence-corrected chi connectivity index (χ1v) is 6.88. The molecule has 1 amide bonds. The maximum Gasteiger partial charge on any atom is 0.251 e. The van der Waals surface area contributed by atoms with Crippen molar-refractivity contribution in [3.8, 4) is 11.8 Å². The van der Waals surface area contributed by atoms with Gasteiger partial charge in [0.25, 0.3) is 5.91 Å². The fraction of sp³-hybridized carbons (Fsp3) is 0.118. The van der Waals surface area contributed by atoms with Gasteiger partial charge >= 0.3 is 0 Å². The van der Waals surface area contributed by atoms with Gasteiger partial charge in [0.2, 0.25) is 0 Å². The molecule has 0 aliphatic heterocycles. The van der Waals surface area contributed by atoms with Crippen LogP contribution in [-0.2, 0) is 6.54 Å². The average molecular weight is 299 g/mol. The van der Waals surface area contributed by atoms with Crippen molar-refractivity contribution in [1.82, 2.24) is 5.32 Å². The molecule has 0 aliphatic rings. The first-order valence-electron chi connectivity index (χ1n) is 6.50. The van der Waals surface area contributed by atoms with E-state index in [0.717, 1.165) is 11.1 Å². The van der Waals surface area contributed by atoms with E-state index in [9.17, 15) is 4.79 Å². The van der Waals surface area contributed by atoms with E-state index in [1.54, 1.807) is 24.3 Å². The van der Waals surface area contributed by atoms with Gasteiger partial charge in [0.15, 0.2) is 0 Å².